The molecule has 0 aliphatic carbocycles. The second kappa shape index (κ2) is 7.99. The number of nitrogens with one attached hydrogen (secondary N) is 1. The van der Waals surface area contributed by atoms with E-state index in [2.05, 4.69) is 5.32 Å². The number of aliphatic hydroxyl groups is 1. The maximum Gasteiger partial charge on any atom is 0.243 e. The molecule has 1 saturated heterocycles. The van der Waals surface area contributed by atoms with Gasteiger partial charge in [-0.05, 0) is 60.4 Å². The van der Waals surface area contributed by atoms with Gasteiger partial charge in [-0.25, -0.2) is 12.8 Å². The molecule has 2 aliphatic heterocycles. The number of anilines is 1. The first-order valence-corrected chi connectivity index (χ1v) is 12.2. The summed E-state index contributed by atoms with van der Waals surface area (Å²) in [5.41, 5.74) is 3.64. The summed E-state index contributed by atoms with van der Waals surface area (Å²) in [6, 6.07) is 18.4. The highest BCUT2D eigenvalue weighted by Gasteiger charge is 2.48. The van der Waals surface area contributed by atoms with Crippen LogP contribution in [0.15, 0.2) is 71.6 Å². The number of hydrogen-bond acceptors (Lipinski definition) is 4. The van der Waals surface area contributed by atoms with E-state index < -0.39 is 16.1 Å². The average molecular weight is 453 g/mol. The number of rotatable bonds is 4. The Labute approximate surface area is 187 Å². The summed E-state index contributed by atoms with van der Waals surface area (Å²) in [7, 11) is -3.74. The lowest BCUT2D eigenvalue weighted by Gasteiger charge is -2.39. The number of benzene rings is 3. The Balaban J connectivity index is 1.63. The van der Waals surface area contributed by atoms with Gasteiger partial charge in [0.1, 0.15) is 5.82 Å². The zero-order valence-corrected chi connectivity index (χ0v) is 18.5. The minimum absolute atomic E-state index is 0.0806. The molecular formula is C25H25FN2O3S. The van der Waals surface area contributed by atoms with Gasteiger partial charge in [-0.1, -0.05) is 36.4 Å². The number of aliphatic hydroxyl groups excluding tert-OH is 1. The van der Waals surface area contributed by atoms with Gasteiger partial charge in [-0.3, -0.25) is 0 Å². The fraction of sp³-hybridized carbons (Fsp3) is 0.280. The molecule has 1 fully saturated rings. The van der Waals surface area contributed by atoms with E-state index in [9.17, 15) is 17.9 Å². The summed E-state index contributed by atoms with van der Waals surface area (Å²) in [5, 5.41) is 13.4. The van der Waals surface area contributed by atoms with E-state index in [1.165, 1.54) is 6.07 Å². The van der Waals surface area contributed by atoms with Crippen molar-refractivity contribution in [3.8, 4) is 11.1 Å². The van der Waals surface area contributed by atoms with Crippen molar-refractivity contribution in [3.63, 3.8) is 0 Å². The van der Waals surface area contributed by atoms with Crippen LogP contribution in [-0.4, -0.2) is 37.0 Å². The number of aryl methyl sites for hydroxylation is 1. The lowest BCUT2D eigenvalue weighted by molar-refractivity contribution is 0.210. The molecule has 0 amide bonds. The Morgan fingerprint density at radius 2 is 1.91 bits per heavy atom. The summed E-state index contributed by atoms with van der Waals surface area (Å²) in [6.07, 6.45) is 0.636. The minimum atomic E-state index is -3.74. The van der Waals surface area contributed by atoms with Crippen LogP contribution in [-0.2, 0) is 10.0 Å². The Morgan fingerprint density at radius 1 is 1.09 bits per heavy atom. The van der Waals surface area contributed by atoms with Crippen LogP contribution in [0.5, 0.6) is 0 Å². The molecule has 7 heteroatoms. The van der Waals surface area contributed by atoms with E-state index in [0.29, 0.717) is 24.1 Å². The monoisotopic (exact) mass is 452 g/mol. The first-order valence-electron chi connectivity index (χ1n) is 10.7. The van der Waals surface area contributed by atoms with Crippen LogP contribution in [0.25, 0.3) is 11.1 Å². The lowest BCUT2D eigenvalue weighted by atomic mass is 9.82. The highest BCUT2D eigenvalue weighted by atomic mass is 32.2. The molecule has 3 atom stereocenters. The molecule has 2 aliphatic rings. The van der Waals surface area contributed by atoms with Gasteiger partial charge < -0.3 is 10.4 Å². The van der Waals surface area contributed by atoms with Gasteiger partial charge in [-0.15, -0.1) is 0 Å². The normalized spacial score (nSPS) is 22.8. The predicted octanol–water partition coefficient (Wildman–Crippen LogP) is 4.34. The molecule has 3 aromatic rings. The summed E-state index contributed by atoms with van der Waals surface area (Å²) in [5.74, 6) is -0.403. The fourth-order valence-corrected chi connectivity index (χ4v) is 6.84. The van der Waals surface area contributed by atoms with Crippen LogP contribution < -0.4 is 5.32 Å². The number of hydrogen-bond donors (Lipinski definition) is 2. The molecule has 0 spiro atoms. The minimum Gasteiger partial charge on any atom is -0.394 e. The average Bonchev–Trinajstić information content (AvgIpc) is 3.25. The topological polar surface area (TPSA) is 69.6 Å². The van der Waals surface area contributed by atoms with Crippen molar-refractivity contribution < 1.29 is 17.9 Å². The van der Waals surface area contributed by atoms with E-state index in [-0.39, 0.29) is 29.3 Å². The first-order chi connectivity index (χ1) is 15.4. The molecule has 0 aromatic heterocycles. The molecule has 32 heavy (non-hydrogen) atoms. The number of nitrogens with zero attached hydrogens (tertiary/aromatic N) is 1. The second-order valence-corrected chi connectivity index (χ2v) is 10.4. The molecule has 166 valence electrons. The lowest BCUT2D eigenvalue weighted by Crippen LogP contribution is -2.42. The van der Waals surface area contributed by atoms with Gasteiger partial charge in [0.15, 0.2) is 0 Å². The summed E-state index contributed by atoms with van der Waals surface area (Å²) < 4.78 is 43.3. The SMILES string of the molecule is Cc1cccc(S(=O)(=O)N2CC[C@@H]3[C@H](CO)Nc4ccc(-c5ccccc5F)cc4[C@@H]32)c1. The van der Waals surface area contributed by atoms with E-state index in [1.807, 2.05) is 31.2 Å². The van der Waals surface area contributed by atoms with Crippen molar-refractivity contribution in [3.05, 3.63) is 83.7 Å². The standard InChI is InChI=1S/C25H25FN2O3S/c1-16-5-4-6-18(13-16)32(30,31)28-12-11-20-24(15-29)27-23-10-9-17(14-21(23)25(20)28)19-7-2-3-8-22(19)26/h2-10,13-14,20,24-25,27,29H,11-12,15H2,1H3/t20-,24+,25-/m1/s1. The van der Waals surface area contributed by atoms with Gasteiger partial charge in [0.05, 0.1) is 23.6 Å². The van der Waals surface area contributed by atoms with Crippen LogP contribution in [0.2, 0.25) is 0 Å². The number of fused-ring (bicyclic) bond motifs is 3. The largest absolute Gasteiger partial charge is 0.394 e. The molecule has 2 N–H and O–H groups in total. The van der Waals surface area contributed by atoms with Gasteiger partial charge in [0, 0.05) is 23.7 Å². The number of sulfonamides is 1. The fourth-order valence-electron chi connectivity index (χ4n) is 5.06. The van der Waals surface area contributed by atoms with Crippen LogP contribution in [0.4, 0.5) is 10.1 Å². The van der Waals surface area contributed by atoms with E-state index in [1.54, 1.807) is 40.7 Å². The van der Waals surface area contributed by atoms with E-state index >= 15 is 0 Å². The third kappa shape index (κ3) is 3.41. The Kier molecular flexibility index (Phi) is 5.28. The van der Waals surface area contributed by atoms with Crippen molar-refractivity contribution in [2.24, 2.45) is 5.92 Å². The Hall–Kier alpha value is -2.74. The molecule has 0 radical (unpaired) electrons. The third-order valence-corrected chi connectivity index (χ3v) is 8.48. The molecule has 5 nitrogen and oxygen atoms in total. The summed E-state index contributed by atoms with van der Waals surface area (Å²) in [6.45, 7) is 2.15. The van der Waals surface area contributed by atoms with Crippen molar-refractivity contribution in [2.75, 3.05) is 18.5 Å². The highest BCUT2D eigenvalue weighted by Crippen LogP contribution is 2.49. The quantitative estimate of drug-likeness (QED) is 0.618. The van der Waals surface area contributed by atoms with Crippen LogP contribution >= 0.6 is 0 Å². The number of halogens is 1. The van der Waals surface area contributed by atoms with E-state index in [0.717, 1.165) is 16.8 Å². The zero-order chi connectivity index (χ0) is 22.5. The summed E-state index contributed by atoms with van der Waals surface area (Å²) >= 11 is 0. The molecule has 3 aromatic carbocycles. The second-order valence-electron chi connectivity index (χ2n) is 8.54. The van der Waals surface area contributed by atoms with Crippen molar-refractivity contribution in [1.29, 1.82) is 0 Å². The van der Waals surface area contributed by atoms with Gasteiger partial charge >= 0.3 is 0 Å². The van der Waals surface area contributed by atoms with Gasteiger partial charge in [0.25, 0.3) is 0 Å². The van der Waals surface area contributed by atoms with Gasteiger partial charge in [-0.2, -0.15) is 4.31 Å². The van der Waals surface area contributed by atoms with Crippen LogP contribution in [0.3, 0.4) is 0 Å². The molecule has 0 saturated carbocycles. The maximum absolute atomic E-state index is 14.5. The third-order valence-electron chi connectivity index (χ3n) is 6.60. The van der Waals surface area contributed by atoms with Crippen molar-refractivity contribution in [2.45, 2.75) is 30.3 Å². The zero-order valence-electron chi connectivity index (χ0n) is 17.7. The van der Waals surface area contributed by atoms with Crippen LogP contribution in [0, 0.1) is 18.7 Å². The predicted molar refractivity (Wildman–Crippen MR) is 122 cm³/mol. The summed E-state index contributed by atoms with van der Waals surface area (Å²) in [4.78, 5) is 0.268. The van der Waals surface area contributed by atoms with Crippen molar-refractivity contribution in [1.82, 2.24) is 4.31 Å². The molecule has 0 unspecified atom stereocenters. The first kappa shape index (κ1) is 21.1. The molecule has 2 heterocycles. The maximum atomic E-state index is 14.5. The molecular weight excluding hydrogens is 427 g/mol. The van der Waals surface area contributed by atoms with Crippen LogP contribution in [0.1, 0.15) is 23.6 Å². The molecule has 0 bridgehead atoms. The Bertz CT molecular complexity index is 1280. The smallest absolute Gasteiger partial charge is 0.243 e. The highest BCUT2D eigenvalue weighted by molar-refractivity contribution is 7.89. The van der Waals surface area contributed by atoms with E-state index in [4.69, 9.17) is 0 Å². The van der Waals surface area contributed by atoms with Crippen molar-refractivity contribution >= 4 is 15.7 Å². The molecule has 5 rings (SSSR count). The Morgan fingerprint density at radius 3 is 2.66 bits per heavy atom. The van der Waals surface area contributed by atoms with Gasteiger partial charge in [0.2, 0.25) is 10.0 Å².